The smallest absolute Gasteiger partial charge is 0.0731 e. The molecule has 0 saturated heterocycles. The maximum Gasteiger partial charge on any atom is 0.0731 e. The first-order chi connectivity index (χ1) is 5.27. The molecular weight excluding hydrogens is 136 g/mol. The van der Waals surface area contributed by atoms with Gasteiger partial charge in [0.1, 0.15) is 0 Å². The van der Waals surface area contributed by atoms with E-state index < -0.39 is 0 Å². The van der Waals surface area contributed by atoms with Gasteiger partial charge < -0.3 is 4.74 Å². The SMILES string of the molecule is CC[C@H]1C=CC(C)O[C@H]1CC. The van der Waals surface area contributed by atoms with Crippen molar-refractivity contribution >= 4 is 0 Å². The van der Waals surface area contributed by atoms with Crippen LogP contribution in [-0.2, 0) is 4.74 Å². The van der Waals surface area contributed by atoms with Crippen LogP contribution in [-0.4, -0.2) is 12.2 Å². The van der Waals surface area contributed by atoms with Crippen LogP contribution in [0.3, 0.4) is 0 Å². The van der Waals surface area contributed by atoms with E-state index in [4.69, 9.17) is 4.74 Å². The minimum absolute atomic E-state index is 0.322. The van der Waals surface area contributed by atoms with Crippen LogP contribution in [0.5, 0.6) is 0 Å². The zero-order valence-electron chi connectivity index (χ0n) is 7.71. The van der Waals surface area contributed by atoms with Gasteiger partial charge >= 0.3 is 0 Å². The Bertz CT molecular complexity index is 140. The third kappa shape index (κ3) is 2.06. The summed E-state index contributed by atoms with van der Waals surface area (Å²) < 4.78 is 5.75. The fourth-order valence-corrected chi connectivity index (χ4v) is 1.64. The highest BCUT2D eigenvalue weighted by Crippen LogP contribution is 2.23. The van der Waals surface area contributed by atoms with Crippen molar-refractivity contribution in [3.63, 3.8) is 0 Å². The number of hydrogen-bond acceptors (Lipinski definition) is 1. The molecule has 1 nitrogen and oxygen atoms in total. The largest absolute Gasteiger partial charge is 0.371 e. The molecule has 0 aromatic heterocycles. The lowest BCUT2D eigenvalue weighted by molar-refractivity contribution is -0.0158. The van der Waals surface area contributed by atoms with Crippen LogP contribution in [0.15, 0.2) is 12.2 Å². The van der Waals surface area contributed by atoms with Crippen molar-refractivity contribution in [3.8, 4) is 0 Å². The highest BCUT2D eigenvalue weighted by atomic mass is 16.5. The third-order valence-corrected chi connectivity index (χ3v) is 2.37. The second-order valence-corrected chi connectivity index (χ2v) is 3.24. The lowest BCUT2D eigenvalue weighted by atomic mass is 9.94. The Balaban J connectivity index is 2.56. The van der Waals surface area contributed by atoms with Crippen molar-refractivity contribution in [1.82, 2.24) is 0 Å². The molecule has 1 aliphatic rings. The van der Waals surface area contributed by atoms with E-state index in [0.29, 0.717) is 18.1 Å². The van der Waals surface area contributed by atoms with Gasteiger partial charge in [0.25, 0.3) is 0 Å². The van der Waals surface area contributed by atoms with Crippen molar-refractivity contribution in [3.05, 3.63) is 12.2 Å². The van der Waals surface area contributed by atoms with E-state index in [9.17, 15) is 0 Å². The number of rotatable bonds is 2. The Kier molecular flexibility index (Phi) is 3.13. The highest BCUT2D eigenvalue weighted by Gasteiger charge is 2.21. The molecule has 3 atom stereocenters. The molecule has 1 aliphatic heterocycles. The van der Waals surface area contributed by atoms with Crippen molar-refractivity contribution in [1.29, 1.82) is 0 Å². The molecule has 0 amide bonds. The van der Waals surface area contributed by atoms with E-state index in [0.717, 1.165) is 6.42 Å². The maximum atomic E-state index is 5.75. The van der Waals surface area contributed by atoms with E-state index in [1.165, 1.54) is 6.42 Å². The summed E-state index contributed by atoms with van der Waals surface area (Å²) in [5.74, 6) is 0.649. The predicted octanol–water partition coefficient (Wildman–Crippen LogP) is 2.77. The van der Waals surface area contributed by atoms with Gasteiger partial charge in [0, 0.05) is 5.92 Å². The van der Waals surface area contributed by atoms with Crippen molar-refractivity contribution in [2.45, 2.75) is 45.8 Å². The third-order valence-electron chi connectivity index (χ3n) is 2.37. The fraction of sp³-hybridized carbons (Fsp3) is 0.800. The molecule has 0 spiro atoms. The van der Waals surface area contributed by atoms with Crippen molar-refractivity contribution in [2.24, 2.45) is 5.92 Å². The van der Waals surface area contributed by atoms with E-state index in [2.05, 4.69) is 32.9 Å². The summed E-state index contributed by atoms with van der Waals surface area (Å²) in [6, 6.07) is 0. The van der Waals surface area contributed by atoms with Crippen LogP contribution in [0, 0.1) is 5.92 Å². The Hall–Kier alpha value is -0.300. The van der Waals surface area contributed by atoms with Gasteiger partial charge in [-0.2, -0.15) is 0 Å². The van der Waals surface area contributed by atoms with Crippen molar-refractivity contribution in [2.75, 3.05) is 0 Å². The van der Waals surface area contributed by atoms with Crippen LogP contribution in [0.1, 0.15) is 33.6 Å². The van der Waals surface area contributed by atoms with Gasteiger partial charge in [-0.25, -0.2) is 0 Å². The summed E-state index contributed by atoms with van der Waals surface area (Å²) in [6.45, 7) is 6.52. The van der Waals surface area contributed by atoms with E-state index >= 15 is 0 Å². The Morgan fingerprint density at radius 1 is 1.18 bits per heavy atom. The molecule has 64 valence electrons. The normalized spacial score (nSPS) is 37.5. The minimum Gasteiger partial charge on any atom is -0.371 e. The molecule has 11 heavy (non-hydrogen) atoms. The Morgan fingerprint density at radius 3 is 2.45 bits per heavy atom. The summed E-state index contributed by atoms with van der Waals surface area (Å²) in [6.07, 6.45) is 7.58. The molecule has 0 aliphatic carbocycles. The lowest BCUT2D eigenvalue weighted by Crippen LogP contribution is -2.29. The van der Waals surface area contributed by atoms with Crippen molar-refractivity contribution < 1.29 is 4.74 Å². The van der Waals surface area contributed by atoms with E-state index in [-0.39, 0.29) is 0 Å². The number of ether oxygens (including phenoxy) is 1. The monoisotopic (exact) mass is 154 g/mol. The summed E-state index contributed by atoms with van der Waals surface area (Å²) in [5, 5.41) is 0. The second kappa shape index (κ2) is 3.91. The summed E-state index contributed by atoms with van der Waals surface area (Å²) >= 11 is 0. The molecule has 1 heterocycles. The average molecular weight is 154 g/mol. The maximum absolute atomic E-state index is 5.75. The lowest BCUT2D eigenvalue weighted by Gasteiger charge is -2.29. The van der Waals surface area contributed by atoms with Gasteiger partial charge in [-0.1, -0.05) is 26.0 Å². The minimum atomic E-state index is 0.322. The molecule has 0 bridgehead atoms. The van der Waals surface area contributed by atoms with Crippen LogP contribution < -0.4 is 0 Å². The van der Waals surface area contributed by atoms with Gasteiger partial charge in [-0.15, -0.1) is 0 Å². The zero-order chi connectivity index (χ0) is 8.27. The quantitative estimate of drug-likeness (QED) is 0.556. The van der Waals surface area contributed by atoms with Gasteiger partial charge in [0.2, 0.25) is 0 Å². The number of hydrogen-bond donors (Lipinski definition) is 0. The Morgan fingerprint density at radius 2 is 1.91 bits per heavy atom. The van der Waals surface area contributed by atoms with Crippen LogP contribution in [0.2, 0.25) is 0 Å². The molecule has 0 aromatic rings. The first-order valence-electron chi connectivity index (χ1n) is 4.61. The average Bonchev–Trinajstić information content (AvgIpc) is 2.04. The first kappa shape index (κ1) is 8.79. The van der Waals surface area contributed by atoms with Gasteiger partial charge in [-0.3, -0.25) is 0 Å². The first-order valence-corrected chi connectivity index (χ1v) is 4.61. The molecule has 1 rings (SSSR count). The molecule has 0 radical (unpaired) electrons. The summed E-state index contributed by atoms with van der Waals surface area (Å²) in [5.41, 5.74) is 0. The fourth-order valence-electron chi connectivity index (χ4n) is 1.64. The molecule has 0 saturated carbocycles. The van der Waals surface area contributed by atoms with E-state index in [1.54, 1.807) is 0 Å². The van der Waals surface area contributed by atoms with Gasteiger partial charge in [0.15, 0.2) is 0 Å². The van der Waals surface area contributed by atoms with Gasteiger partial charge in [0.05, 0.1) is 12.2 Å². The Labute approximate surface area is 69.4 Å². The van der Waals surface area contributed by atoms with Gasteiger partial charge in [-0.05, 0) is 19.8 Å². The molecule has 0 aromatic carbocycles. The molecular formula is C10H18O. The zero-order valence-corrected chi connectivity index (χ0v) is 7.71. The molecule has 0 N–H and O–H groups in total. The topological polar surface area (TPSA) is 9.23 Å². The van der Waals surface area contributed by atoms with Crippen LogP contribution in [0.4, 0.5) is 0 Å². The van der Waals surface area contributed by atoms with E-state index in [1.807, 2.05) is 0 Å². The molecule has 1 unspecified atom stereocenters. The highest BCUT2D eigenvalue weighted by molar-refractivity contribution is 4.99. The summed E-state index contributed by atoms with van der Waals surface area (Å²) in [7, 11) is 0. The second-order valence-electron chi connectivity index (χ2n) is 3.24. The molecule has 0 fully saturated rings. The van der Waals surface area contributed by atoms with Crippen LogP contribution in [0.25, 0.3) is 0 Å². The predicted molar refractivity (Wildman–Crippen MR) is 47.5 cm³/mol. The van der Waals surface area contributed by atoms with Crippen LogP contribution >= 0.6 is 0 Å². The molecule has 1 heteroatoms. The standard InChI is InChI=1S/C10H18O/c1-4-9-7-6-8(3)11-10(9)5-2/h6-10H,4-5H2,1-3H3/t8?,9-,10-/m0/s1. The summed E-state index contributed by atoms with van der Waals surface area (Å²) in [4.78, 5) is 0.